The van der Waals surface area contributed by atoms with E-state index < -0.39 is 6.04 Å². The number of ether oxygens (including phenoxy) is 1. The maximum Gasteiger partial charge on any atom is 0.323 e. The number of esters is 1. The highest BCUT2D eigenvalue weighted by atomic mass is 16.5. The standard InChI is InChI=1S/C19H18N2O2/c20-18(19(22)23-13-14-5-2-1-3-6-14)11-15-7-4-8-16-12-21-10-9-17(15)16/h1-10,12,18H,11,13,20H2/t18-/m1/s1. The molecule has 2 aromatic carbocycles. The van der Waals surface area contributed by atoms with Gasteiger partial charge in [0.15, 0.2) is 0 Å². The number of pyridine rings is 1. The van der Waals surface area contributed by atoms with E-state index in [2.05, 4.69) is 4.98 Å². The third-order valence-corrected chi connectivity index (χ3v) is 3.74. The minimum atomic E-state index is -0.683. The summed E-state index contributed by atoms with van der Waals surface area (Å²) in [7, 11) is 0. The van der Waals surface area contributed by atoms with Crippen LogP contribution in [0.2, 0.25) is 0 Å². The largest absolute Gasteiger partial charge is 0.460 e. The topological polar surface area (TPSA) is 65.2 Å². The summed E-state index contributed by atoms with van der Waals surface area (Å²) in [6.45, 7) is 0.243. The van der Waals surface area contributed by atoms with Crippen molar-refractivity contribution >= 4 is 16.7 Å². The van der Waals surface area contributed by atoms with Crippen molar-refractivity contribution in [2.24, 2.45) is 5.73 Å². The van der Waals surface area contributed by atoms with Gasteiger partial charge in [0, 0.05) is 17.8 Å². The maximum absolute atomic E-state index is 12.1. The molecule has 0 aliphatic rings. The van der Waals surface area contributed by atoms with Crippen molar-refractivity contribution < 1.29 is 9.53 Å². The summed E-state index contributed by atoms with van der Waals surface area (Å²) in [4.78, 5) is 16.2. The highest BCUT2D eigenvalue weighted by Crippen LogP contribution is 2.18. The summed E-state index contributed by atoms with van der Waals surface area (Å²) in [5.41, 5.74) is 7.98. The fourth-order valence-corrected chi connectivity index (χ4v) is 2.52. The number of carbonyl (C=O) groups excluding carboxylic acids is 1. The molecule has 2 N–H and O–H groups in total. The summed E-state index contributed by atoms with van der Waals surface area (Å²) < 4.78 is 5.30. The Bertz CT molecular complexity index is 797. The Morgan fingerprint density at radius 2 is 1.91 bits per heavy atom. The molecule has 4 nitrogen and oxygen atoms in total. The minimum absolute atomic E-state index is 0.243. The molecule has 0 radical (unpaired) electrons. The van der Waals surface area contributed by atoms with Gasteiger partial charge in [-0.3, -0.25) is 9.78 Å². The molecule has 1 aromatic heterocycles. The van der Waals surface area contributed by atoms with Gasteiger partial charge < -0.3 is 10.5 Å². The Balaban J connectivity index is 1.66. The highest BCUT2D eigenvalue weighted by Gasteiger charge is 2.17. The third-order valence-electron chi connectivity index (χ3n) is 3.74. The SMILES string of the molecule is N[C@H](Cc1cccc2cnccc12)C(=O)OCc1ccccc1. The second kappa shape index (κ2) is 7.03. The molecule has 0 amide bonds. The molecule has 0 spiro atoms. The Hall–Kier alpha value is -2.72. The average Bonchev–Trinajstić information content (AvgIpc) is 2.61. The maximum atomic E-state index is 12.1. The Kier molecular flexibility index (Phi) is 4.64. The molecule has 4 heteroatoms. The molecule has 0 aliphatic heterocycles. The van der Waals surface area contributed by atoms with Crippen molar-refractivity contribution in [3.05, 3.63) is 78.1 Å². The van der Waals surface area contributed by atoms with Crippen LogP contribution in [0.15, 0.2) is 67.0 Å². The van der Waals surface area contributed by atoms with Crippen molar-refractivity contribution in [3.63, 3.8) is 0 Å². The Morgan fingerprint density at radius 1 is 1.09 bits per heavy atom. The van der Waals surface area contributed by atoms with Crippen LogP contribution in [0.3, 0.4) is 0 Å². The van der Waals surface area contributed by atoms with Crippen molar-refractivity contribution in [1.82, 2.24) is 4.98 Å². The van der Waals surface area contributed by atoms with Crippen LogP contribution in [0.5, 0.6) is 0 Å². The van der Waals surface area contributed by atoms with Crippen LogP contribution >= 0.6 is 0 Å². The van der Waals surface area contributed by atoms with Crippen LogP contribution < -0.4 is 5.73 Å². The van der Waals surface area contributed by atoms with Crippen molar-refractivity contribution in [3.8, 4) is 0 Å². The van der Waals surface area contributed by atoms with Gasteiger partial charge in [-0.05, 0) is 29.0 Å². The number of nitrogens with zero attached hydrogens (tertiary/aromatic N) is 1. The summed E-state index contributed by atoms with van der Waals surface area (Å²) in [6, 6.07) is 16.7. The average molecular weight is 306 g/mol. The summed E-state index contributed by atoms with van der Waals surface area (Å²) in [5, 5.41) is 2.10. The Morgan fingerprint density at radius 3 is 2.74 bits per heavy atom. The molecule has 1 atom stereocenters. The first-order chi connectivity index (χ1) is 11.2. The van der Waals surface area contributed by atoms with Gasteiger partial charge in [-0.15, -0.1) is 0 Å². The van der Waals surface area contributed by atoms with Gasteiger partial charge in [-0.2, -0.15) is 0 Å². The number of hydrogen-bond acceptors (Lipinski definition) is 4. The summed E-state index contributed by atoms with van der Waals surface area (Å²) in [5.74, 6) is -0.389. The molecular formula is C19H18N2O2. The van der Waals surface area contributed by atoms with Crippen molar-refractivity contribution in [2.45, 2.75) is 19.1 Å². The fourth-order valence-electron chi connectivity index (χ4n) is 2.52. The van der Waals surface area contributed by atoms with Gasteiger partial charge in [0.1, 0.15) is 12.6 Å². The zero-order valence-electron chi connectivity index (χ0n) is 12.7. The quantitative estimate of drug-likeness (QED) is 0.736. The normalized spacial score (nSPS) is 12.0. The number of nitrogens with two attached hydrogens (primary N) is 1. The van der Waals surface area contributed by atoms with Crippen LogP contribution in [0.25, 0.3) is 10.8 Å². The van der Waals surface area contributed by atoms with Crippen LogP contribution in [-0.4, -0.2) is 17.0 Å². The molecule has 0 aliphatic carbocycles. The molecule has 1 heterocycles. The van der Waals surface area contributed by atoms with E-state index in [1.807, 2.05) is 54.6 Å². The van der Waals surface area contributed by atoms with Gasteiger partial charge >= 0.3 is 5.97 Å². The highest BCUT2D eigenvalue weighted by molar-refractivity contribution is 5.85. The predicted octanol–water partition coefficient (Wildman–Crippen LogP) is 2.85. The van der Waals surface area contributed by atoms with Gasteiger partial charge in [-0.25, -0.2) is 0 Å². The van der Waals surface area contributed by atoms with E-state index in [0.29, 0.717) is 6.42 Å². The lowest BCUT2D eigenvalue weighted by Gasteiger charge is -2.13. The van der Waals surface area contributed by atoms with Crippen LogP contribution in [0.4, 0.5) is 0 Å². The lowest BCUT2D eigenvalue weighted by molar-refractivity contribution is -0.146. The molecule has 23 heavy (non-hydrogen) atoms. The van der Waals surface area contributed by atoms with E-state index in [1.54, 1.807) is 12.4 Å². The molecule has 0 bridgehead atoms. The van der Waals surface area contributed by atoms with Gasteiger partial charge in [0.05, 0.1) is 0 Å². The van der Waals surface area contributed by atoms with Gasteiger partial charge in [-0.1, -0.05) is 48.5 Å². The number of carbonyl (C=O) groups is 1. The van der Waals surface area contributed by atoms with Crippen molar-refractivity contribution in [1.29, 1.82) is 0 Å². The number of fused-ring (bicyclic) bond motifs is 1. The first-order valence-corrected chi connectivity index (χ1v) is 7.52. The predicted molar refractivity (Wildman–Crippen MR) is 89.7 cm³/mol. The first kappa shape index (κ1) is 15.2. The molecule has 0 saturated carbocycles. The lowest BCUT2D eigenvalue weighted by Crippen LogP contribution is -2.34. The van der Waals surface area contributed by atoms with E-state index in [9.17, 15) is 4.79 Å². The summed E-state index contributed by atoms with van der Waals surface area (Å²) in [6.07, 6.45) is 3.98. The van der Waals surface area contributed by atoms with Gasteiger partial charge in [0.2, 0.25) is 0 Å². The second-order valence-electron chi connectivity index (χ2n) is 5.42. The second-order valence-corrected chi connectivity index (χ2v) is 5.42. The molecular weight excluding hydrogens is 288 g/mol. The molecule has 116 valence electrons. The smallest absolute Gasteiger partial charge is 0.323 e. The first-order valence-electron chi connectivity index (χ1n) is 7.52. The fraction of sp³-hybridized carbons (Fsp3) is 0.158. The molecule has 3 rings (SSSR count). The van der Waals surface area contributed by atoms with Crippen LogP contribution in [0, 0.1) is 0 Å². The van der Waals surface area contributed by atoms with Crippen LogP contribution in [0.1, 0.15) is 11.1 Å². The lowest BCUT2D eigenvalue weighted by atomic mass is 10.0. The number of benzene rings is 2. The number of hydrogen-bond donors (Lipinski definition) is 1. The Labute approximate surface area is 134 Å². The van der Waals surface area contributed by atoms with Crippen molar-refractivity contribution in [2.75, 3.05) is 0 Å². The third kappa shape index (κ3) is 3.73. The molecule has 0 unspecified atom stereocenters. The molecule has 0 saturated heterocycles. The van der Waals surface area contributed by atoms with Crippen LogP contribution in [-0.2, 0) is 22.6 Å². The van der Waals surface area contributed by atoms with E-state index in [0.717, 1.165) is 21.9 Å². The zero-order valence-corrected chi connectivity index (χ0v) is 12.7. The summed E-state index contributed by atoms with van der Waals surface area (Å²) >= 11 is 0. The number of rotatable bonds is 5. The molecule has 3 aromatic rings. The minimum Gasteiger partial charge on any atom is -0.460 e. The van der Waals surface area contributed by atoms with E-state index in [-0.39, 0.29) is 12.6 Å². The molecule has 0 fully saturated rings. The van der Waals surface area contributed by atoms with Gasteiger partial charge in [0.25, 0.3) is 0 Å². The van der Waals surface area contributed by atoms with E-state index in [1.165, 1.54) is 0 Å². The van der Waals surface area contributed by atoms with E-state index in [4.69, 9.17) is 10.5 Å². The zero-order chi connectivity index (χ0) is 16.1. The number of aromatic nitrogens is 1. The monoisotopic (exact) mass is 306 g/mol. The van der Waals surface area contributed by atoms with E-state index >= 15 is 0 Å².